The van der Waals surface area contributed by atoms with Crippen molar-refractivity contribution < 1.29 is 9.59 Å². The van der Waals surface area contributed by atoms with Crippen LogP contribution in [-0.2, 0) is 4.79 Å². The molecule has 0 spiro atoms. The molecule has 0 aliphatic carbocycles. The van der Waals surface area contributed by atoms with Gasteiger partial charge in [0.15, 0.2) is 6.33 Å². The van der Waals surface area contributed by atoms with Crippen molar-refractivity contribution in [2.45, 2.75) is 32.2 Å². The molecule has 1 aromatic heterocycles. The van der Waals surface area contributed by atoms with E-state index in [0.717, 1.165) is 18.4 Å². The van der Waals surface area contributed by atoms with E-state index in [-0.39, 0.29) is 11.7 Å². The van der Waals surface area contributed by atoms with Crippen LogP contribution in [0.15, 0.2) is 30.6 Å². The molecular formula is C16H20N6O2. The second-order valence-corrected chi connectivity index (χ2v) is 5.42. The Kier molecular flexibility index (Phi) is 6.44. The van der Waals surface area contributed by atoms with Crippen molar-refractivity contribution in [1.29, 1.82) is 0 Å². The molecule has 0 saturated heterocycles. The minimum Gasteiger partial charge on any atom is -0.352 e. The lowest BCUT2D eigenvalue weighted by Gasteiger charge is -2.08. The van der Waals surface area contributed by atoms with Crippen molar-refractivity contribution >= 4 is 11.7 Å². The van der Waals surface area contributed by atoms with Crippen LogP contribution in [0.5, 0.6) is 0 Å². The van der Waals surface area contributed by atoms with Crippen LogP contribution in [0.25, 0.3) is 11.4 Å². The first-order valence-corrected chi connectivity index (χ1v) is 7.73. The number of hydrogen-bond donors (Lipinski definition) is 2. The summed E-state index contributed by atoms with van der Waals surface area (Å²) in [6.07, 6.45) is 3.47. The van der Waals surface area contributed by atoms with Crippen LogP contribution in [0.3, 0.4) is 0 Å². The summed E-state index contributed by atoms with van der Waals surface area (Å²) in [5.41, 5.74) is 6.95. The molecule has 1 amide bonds. The quantitative estimate of drug-likeness (QED) is 0.685. The van der Waals surface area contributed by atoms with Crippen LogP contribution in [0.4, 0.5) is 0 Å². The van der Waals surface area contributed by atoms with Crippen LogP contribution in [-0.4, -0.2) is 44.7 Å². The van der Waals surface area contributed by atoms with Crippen LogP contribution >= 0.6 is 0 Å². The molecule has 8 heteroatoms. The Morgan fingerprint density at radius 2 is 1.79 bits per heavy atom. The lowest BCUT2D eigenvalue weighted by molar-refractivity contribution is -0.118. The number of amides is 1. The van der Waals surface area contributed by atoms with Gasteiger partial charge in [0.25, 0.3) is 5.91 Å². The highest BCUT2D eigenvalue weighted by Gasteiger charge is 2.09. The molecule has 1 heterocycles. The van der Waals surface area contributed by atoms with Gasteiger partial charge in [-0.15, -0.1) is 20.4 Å². The van der Waals surface area contributed by atoms with Gasteiger partial charge in [0, 0.05) is 17.7 Å². The number of hydrogen-bond acceptors (Lipinski definition) is 7. The normalized spacial score (nSPS) is 11.8. The molecule has 0 aliphatic rings. The Balaban J connectivity index is 1.78. The molecule has 2 rings (SSSR count). The number of aromatic nitrogens is 4. The molecule has 0 saturated carbocycles. The van der Waals surface area contributed by atoms with Gasteiger partial charge >= 0.3 is 0 Å². The van der Waals surface area contributed by atoms with Gasteiger partial charge in [-0.2, -0.15) is 0 Å². The molecule has 3 N–H and O–H groups in total. The Morgan fingerprint density at radius 1 is 1.12 bits per heavy atom. The molecule has 126 valence electrons. The second kappa shape index (κ2) is 8.78. The predicted octanol–water partition coefficient (Wildman–Crippen LogP) is 0.750. The third-order valence-electron chi connectivity index (χ3n) is 3.56. The van der Waals surface area contributed by atoms with Crippen molar-refractivity contribution in [2.75, 3.05) is 6.54 Å². The first-order valence-electron chi connectivity index (χ1n) is 7.73. The Bertz CT molecular complexity index is 675. The highest BCUT2D eigenvalue weighted by molar-refractivity contribution is 5.94. The van der Waals surface area contributed by atoms with E-state index < -0.39 is 6.04 Å². The first kappa shape index (κ1) is 17.6. The van der Waals surface area contributed by atoms with E-state index in [1.54, 1.807) is 24.3 Å². The summed E-state index contributed by atoms with van der Waals surface area (Å²) in [4.78, 5) is 23.1. The number of ketones is 1. The van der Waals surface area contributed by atoms with Crippen LogP contribution in [0, 0.1) is 0 Å². The monoisotopic (exact) mass is 328 g/mol. The van der Waals surface area contributed by atoms with Gasteiger partial charge in [0.2, 0.25) is 5.82 Å². The van der Waals surface area contributed by atoms with Gasteiger partial charge in [-0.25, -0.2) is 0 Å². The van der Waals surface area contributed by atoms with Crippen LogP contribution in [0.2, 0.25) is 0 Å². The summed E-state index contributed by atoms with van der Waals surface area (Å²) in [6, 6.07) is 6.50. The van der Waals surface area contributed by atoms with Crippen LogP contribution in [0.1, 0.15) is 36.5 Å². The zero-order valence-corrected chi connectivity index (χ0v) is 13.5. The topological polar surface area (TPSA) is 124 Å². The van der Waals surface area contributed by atoms with E-state index in [9.17, 15) is 9.59 Å². The number of rotatable bonds is 8. The molecule has 1 atom stereocenters. The summed E-state index contributed by atoms with van der Waals surface area (Å²) < 4.78 is 0. The molecule has 1 aromatic carbocycles. The van der Waals surface area contributed by atoms with E-state index >= 15 is 0 Å². The summed E-state index contributed by atoms with van der Waals surface area (Å²) in [5.74, 6) is 0.251. The Labute approximate surface area is 139 Å². The van der Waals surface area contributed by atoms with Gasteiger partial charge in [-0.1, -0.05) is 12.1 Å². The van der Waals surface area contributed by atoms with Crippen molar-refractivity contribution in [3.05, 3.63) is 36.2 Å². The van der Waals surface area contributed by atoms with E-state index in [2.05, 4.69) is 25.7 Å². The first-order chi connectivity index (χ1) is 11.6. The maximum absolute atomic E-state index is 12.1. The number of nitrogens with one attached hydrogen (secondary N) is 1. The Morgan fingerprint density at radius 3 is 2.42 bits per heavy atom. The molecule has 1 unspecified atom stereocenters. The highest BCUT2D eigenvalue weighted by Crippen LogP contribution is 2.13. The van der Waals surface area contributed by atoms with Gasteiger partial charge in [-0.05, 0) is 38.3 Å². The standard InChI is InChI=1S/C16H20N6O2/c1-11(23)14(17)4-2-3-9-18-16(24)13-7-5-12(6-8-13)15-21-19-10-20-22-15/h5-8,10,14H,2-4,9,17H2,1H3,(H,18,24). The molecular weight excluding hydrogens is 308 g/mol. The van der Waals surface area contributed by atoms with Gasteiger partial charge < -0.3 is 11.1 Å². The number of unbranched alkanes of at least 4 members (excludes halogenated alkanes) is 1. The summed E-state index contributed by atoms with van der Waals surface area (Å²) in [6.45, 7) is 2.03. The summed E-state index contributed by atoms with van der Waals surface area (Å²) in [5, 5.41) is 17.9. The molecule has 0 aliphatic heterocycles. The zero-order chi connectivity index (χ0) is 17.4. The fourth-order valence-electron chi connectivity index (χ4n) is 2.09. The molecule has 2 aromatic rings. The smallest absolute Gasteiger partial charge is 0.251 e. The van der Waals surface area contributed by atoms with Gasteiger partial charge in [0.1, 0.15) is 5.78 Å². The number of benzene rings is 1. The van der Waals surface area contributed by atoms with E-state index in [1.807, 2.05) is 0 Å². The SMILES string of the molecule is CC(=O)C(N)CCCCNC(=O)c1ccc(-c2nncnn2)cc1. The van der Waals surface area contributed by atoms with Gasteiger partial charge in [-0.3, -0.25) is 9.59 Å². The fraction of sp³-hybridized carbons (Fsp3) is 0.375. The van der Waals surface area contributed by atoms with Crippen LogP contribution < -0.4 is 11.1 Å². The number of carbonyl (C=O) groups is 2. The third kappa shape index (κ3) is 5.17. The minimum absolute atomic E-state index is 0.00748. The van der Waals surface area contributed by atoms with Crippen molar-refractivity contribution in [2.24, 2.45) is 5.73 Å². The highest BCUT2D eigenvalue weighted by atomic mass is 16.1. The molecule has 0 bridgehead atoms. The summed E-state index contributed by atoms with van der Waals surface area (Å²) in [7, 11) is 0. The number of carbonyl (C=O) groups excluding carboxylic acids is 2. The minimum atomic E-state index is -0.405. The largest absolute Gasteiger partial charge is 0.352 e. The van der Waals surface area contributed by atoms with E-state index in [4.69, 9.17) is 5.73 Å². The number of Topliss-reactive ketones (excluding diaryl/α,β-unsaturated/α-hetero) is 1. The van der Waals surface area contributed by atoms with Crippen molar-refractivity contribution in [3.63, 3.8) is 0 Å². The molecule has 0 fully saturated rings. The Hall–Kier alpha value is -2.74. The average Bonchev–Trinajstić information content (AvgIpc) is 2.62. The zero-order valence-electron chi connectivity index (χ0n) is 13.5. The van der Waals surface area contributed by atoms with Gasteiger partial charge in [0.05, 0.1) is 6.04 Å². The number of nitrogens with zero attached hydrogens (tertiary/aromatic N) is 4. The lowest BCUT2D eigenvalue weighted by atomic mass is 10.1. The average molecular weight is 328 g/mol. The van der Waals surface area contributed by atoms with Crippen molar-refractivity contribution in [1.82, 2.24) is 25.7 Å². The van der Waals surface area contributed by atoms with Crippen molar-refractivity contribution in [3.8, 4) is 11.4 Å². The predicted molar refractivity (Wildman–Crippen MR) is 87.9 cm³/mol. The lowest BCUT2D eigenvalue weighted by Crippen LogP contribution is -2.29. The maximum atomic E-state index is 12.1. The summed E-state index contributed by atoms with van der Waals surface area (Å²) >= 11 is 0. The van der Waals surface area contributed by atoms with E-state index in [1.165, 1.54) is 13.3 Å². The molecule has 8 nitrogen and oxygen atoms in total. The maximum Gasteiger partial charge on any atom is 0.251 e. The third-order valence-corrected chi connectivity index (χ3v) is 3.56. The van der Waals surface area contributed by atoms with E-state index in [0.29, 0.717) is 24.4 Å². The molecule has 0 radical (unpaired) electrons. The number of nitrogens with two attached hydrogens (primary N) is 1. The fourth-order valence-corrected chi connectivity index (χ4v) is 2.09. The molecule has 24 heavy (non-hydrogen) atoms. The second-order valence-electron chi connectivity index (χ2n) is 5.42.